The van der Waals surface area contributed by atoms with Crippen molar-refractivity contribution in [2.24, 2.45) is 0 Å². The molecule has 0 spiro atoms. The number of hydrogen-bond acceptors (Lipinski definition) is 6. The highest BCUT2D eigenvalue weighted by Crippen LogP contribution is 2.52. The molecule has 1 heterocycles. The largest absolute Gasteiger partial charge is 0.468 e. The van der Waals surface area contributed by atoms with Gasteiger partial charge in [0.05, 0.1) is 25.5 Å². The fourth-order valence-electron chi connectivity index (χ4n) is 2.54. The third-order valence-electron chi connectivity index (χ3n) is 3.74. The van der Waals surface area contributed by atoms with Gasteiger partial charge in [-0.15, -0.1) is 11.8 Å². The minimum absolute atomic E-state index is 0.0179. The fourth-order valence-corrected chi connectivity index (χ4v) is 3.83. The molecular formula is C16H17NO5S. The van der Waals surface area contributed by atoms with Crippen LogP contribution in [0.4, 0.5) is 5.69 Å². The molecule has 0 saturated heterocycles. The summed E-state index contributed by atoms with van der Waals surface area (Å²) in [6, 6.07) is 7.08. The molecule has 1 aromatic rings. The summed E-state index contributed by atoms with van der Waals surface area (Å²) < 4.78 is 7.99. The number of likely N-dealkylation sites (N-methyl/N-ethyl adjacent to an activating group) is 1. The molecular weight excluding hydrogens is 318 g/mol. The van der Waals surface area contributed by atoms with Crippen molar-refractivity contribution in [1.29, 1.82) is 0 Å². The minimum Gasteiger partial charge on any atom is -0.468 e. The molecule has 1 aromatic carbocycles. The van der Waals surface area contributed by atoms with E-state index in [1.54, 1.807) is 31.3 Å². The number of esters is 2. The summed E-state index contributed by atoms with van der Waals surface area (Å²) in [5, 5.41) is 0. The Balaban J connectivity index is 2.58. The highest BCUT2D eigenvalue weighted by Gasteiger charge is 2.54. The maximum Gasteiger partial charge on any atom is 0.335 e. The van der Waals surface area contributed by atoms with Crippen LogP contribution in [-0.2, 0) is 28.6 Å². The number of carbonyl (C=O) groups excluding carboxylic acids is 3. The van der Waals surface area contributed by atoms with Crippen molar-refractivity contribution in [2.75, 3.05) is 31.9 Å². The minimum atomic E-state index is -1.40. The Morgan fingerprint density at radius 1 is 1.26 bits per heavy atom. The number of fused-ring (bicyclic) bond motifs is 1. The van der Waals surface area contributed by atoms with Crippen LogP contribution in [0.5, 0.6) is 0 Å². The van der Waals surface area contributed by atoms with E-state index in [2.05, 4.69) is 11.3 Å². The van der Waals surface area contributed by atoms with E-state index < -0.39 is 16.7 Å². The van der Waals surface area contributed by atoms with Crippen LogP contribution in [0.2, 0.25) is 0 Å². The first-order chi connectivity index (χ1) is 10.9. The first-order valence-electron chi connectivity index (χ1n) is 6.76. The smallest absolute Gasteiger partial charge is 0.335 e. The van der Waals surface area contributed by atoms with E-state index >= 15 is 0 Å². The number of methoxy groups -OCH3 is 2. The molecule has 1 aliphatic rings. The van der Waals surface area contributed by atoms with E-state index in [0.29, 0.717) is 11.3 Å². The third-order valence-corrected chi connectivity index (χ3v) is 5.20. The SMILES string of the molecule is C=C(C(=O)OC)C1(SCC(=O)OC)C(=O)N(C)c2ccccc21. The molecule has 1 amide bonds. The Morgan fingerprint density at radius 2 is 1.91 bits per heavy atom. The van der Waals surface area contributed by atoms with Gasteiger partial charge in [0.25, 0.3) is 5.91 Å². The van der Waals surface area contributed by atoms with E-state index in [1.807, 2.05) is 0 Å². The third kappa shape index (κ3) is 2.61. The van der Waals surface area contributed by atoms with Crippen LogP contribution in [0, 0.1) is 0 Å². The van der Waals surface area contributed by atoms with Gasteiger partial charge >= 0.3 is 11.9 Å². The molecule has 23 heavy (non-hydrogen) atoms. The van der Waals surface area contributed by atoms with Crippen molar-refractivity contribution in [3.8, 4) is 0 Å². The number of hydrogen-bond donors (Lipinski definition) is 0. The summed E-state index contributed by atoms with van der Waals surface area (Å²) in [4.78, 5) is 38.0. The highest BCUT2D eigenvalue weighted by atomic mass is 32.2. The van der Waals surface area contributed by atoms with E-state index in [-0.39, 0.29) is 17.2 Å². The summed E-state index contributed by atoms with van der Waals surface area (Å²) in [7, 11) is 4.11. The van der Waals surface area contributed by atoms with Gasteiger partial charge in [-0.25, -0.2) is 4.79 Å². The monoisotopic (exact) mass is 335 g/mol. The van der Waals surface area contributed by atoms with E-state index in [0.717, 1.165) is 11.8 Å². The average Bonchev–Trinajstić information content (AvgIpc) is 2.80. The van der Waals surface area contributed by atoms with Gasteiger partial charge in [-0.2, -0.15) is 0 Å². The lowest BCUT2D eigenvalue weighted by atomic mass is 9.92. The lowest BCUT2D eigenvalue weighted by molar-refractivity contribution is -0.138. The first-order valence-corrected chi connectivity index (χ1v) is 7.74. The van der Waals surface area contributed by atoms with E-state index in [9.17, 15) is 14.4 Å². The topological polar surface area (TPSA) is 72.9 Å². The Hall–Kier alpha value is -2.28. The molecule has 0 bridgehead atoms. The molecule has 122 valence electrons. The lowest BCUT2D eigenvalue weighted by Gasteiger charge is -2.28. The van der Waals surface area contributed by atoms with Crippen molar-refractivity contribution in [3.63, 3.8) is 0 Å². The second-order valence-electron chi connectivity index (χ2n) is 4.90. The molecule has 1 unspecified atom stereocenters. The molecule has 0 N–H and O–H groups in total. The van der Waals surface area contributed by atoms with Crippen molar-refractivity contribution in [2.45, 2.75) is 4.75 Å². The van der Waals surface area contributed by atoms with Crippen LogP contribution in [0.15, 0.2) is 36.4 Å². The number of nitrogens with zero attached hydrogens (tertiary/aromatic N) is 1. The molecule has 6 nitrogen and oxygen atoms in total. The van der Waals surface area contributed by atoms with Crippen LogP contribution in [0.3, 0.4) is 0 Å². The number of benzene rings is 1. The Kier molecular flexibility index (Phi) is 4.79. The molecule has 0 aliphatic carbocycles. The van der Waals surface area contributed by atoms with Gasteiger partial charge in [-0.1, -0.05) is 24.8 Å². The van der Waals surface area contributed by atoms with Gasteiger partial charge in [-0.05, 0) is 6.07 Å². The predicted octanol–water partition coefficient (Wildman–Crippen LogP) is 1.49. The molecule has 1 atom stereocenters. The maximum absolute atomic E-state index is 12.9. The second kappa shape index (κ2) is 6.45. The standard InChI is InChI=1S/C16H17NO5S/c1-10(14(19)22-4)16(23-9-13(18)21-3)11-7-5-6-8-12(11)17(2)15(16)20/h5-8H,1,9H2,2-4H3. The Labute approximate surface area is 138 Å². The molecule has 0 aromatic heterocycles. The highest BCUT2D eigenvalue weighted by molar-refractivity contribution is 8.01. The van der Waals surface area contributed by atoms with Crippen LogP contribution >= 0.6 is 11.8 Å². The lowest BCUT2D eigenvalue weighted by Crippen LogP contribution is -2.40. The quantitative estimate of drug-likeness (QED) is 0.600. The summed E-state index contributed by atoms with van der Waals surface area (Å²) in [5.41, 5.74) is 1.26. The van der Waals surface area contributed by atoms with Crippen LogP contribution < -0.4 is 4.90 Å². The van der Waals surface area contributed by atoms with Crippen molar-refractivity contribution >= 4 is 35.3 Å². The summed E-state index contributed by atoms with van der Waals surface area (Å²) in [6.45, 7) is 3.77. The average molecular weight is 335 g/mol. The van der Waals surface area contributed by atoms with Gasteiger partial charge in [0.2, 0.25) is 0 Å². The molecule has 0 fully saturated rings. The number of rotatable bonds is 5. The Morgan fingerprint density at radius 3 is 2.52 bits per heavy atom. The van der Waals surface area contributed by atoms with Gasteiger partial charge in [0.1, 0.15) is 0 Å². The van der Waals surface area contributed by atoms with Crippen molar-refractivity contribution < 1.29 is 23.9 Å². The predicted molar refractivity (Wildman–Crippen MR) is 87.2 cm³/mol. The number of para-hydroxylation sites is 1. The number of ether oxygens (including phenoxy) is 2. The molecule has 0 saturated carbocycles. The fraction of sp³-hybridized carbons (Fsp3) is 0.312. The number of thioether (sulfide) groups is 1. The number of amides is 1. The second-order valence-corrected chi connectivity index (χ2v) is 6.09. The van der Waals surface area contributed by atoms with Gasteiger partial charge in [0, 0.05) is 18.3 Å². The first kappa shape index (κ1) is 17.1. The molecule has 0 radical (unpaired) electrons. The summed E-state index contributed by atoms with van der Waals surface area (Å²) in [5.74, 6) is -1.63. The van der Waals surface area contributed by atoms with Crippen LogP contribution in [0.1, 0.15) is 5.56 Å². The van der Waals surface area contributed by atoms with Gasteiger partial charge in [-0.3, -0.25) is 9.59 Å². The van der Waals surface area contributed by atoms with Gasteiger partial charge < -0.3 is 14.4 Å². The number of carbonyl (C=O) groups is 3. The van der Waals surface area contributed by atoms with Crippen LogP contribution in [0.25, 0.3) is 0 Å². The molecule has 2 rings (SSSR count). The molecule has 7 heteroatoms. The number of anilines is 1. The summed E-state index contributed by atoms with van der Waals surface area (Å²) >= 11 is 1.00. The maximum atomic E-state index is 12.9. The van der Waals surface area contributed by atoms with Crippen molar-refractivity contribution in [3.05, 3.63) is 42.0 Å². The zero-order chi connectivity index (χ0) is 17.2. The molecule has 1 aliphatic heterocycles. The van der Waals surface area contributed by atoms with Gasteiger partial charge in [0.15, 0.2) is 4.75 Å². The van der Waals surface area contributed by atoms with Crippen LogP contribution in [-0.4, -0.2) is 44.9 Å². The van der Waals surface area contributed by atoms with E-state index in [1.165, 1.54) is 19.1 Å². The normalized spacial score (nSPS) is 19.3. The summed E-state index contributed by atoms with van der Waals surface area (Å²) in [6.07, 6.45) is 0. The zero-order valence-electron chi connectivity index (χ0n) is 13.1. The van der Waals surface area contributed by atoms with E-state index in [4.69, 9.17) is 4.74 Å². The van der Waals surface area contributed by atoms with Crippen molar-refractivity contribution in [1.82, 2.24) is 0 Å². The Bertz CT molecular complexity index is 687. The zero-order valence-corrected chi connectivity index (χ0v) is 13.9.